The van der Waals surface area contributed by atoms with E-state index in [4.69, 9.17) is 4.74 Å². The van der Waals surface area contributed by atoms with Crippen LogP contribution in [0.1, 0.15) is 75.3 Å². The number of hydrogen-bond acceptors (Lipinski definition) is 1. The second-order valence-electron chi connectivity index (χ2n) is 9.95. The predicted octanol–water partition coefficient (Wildman–Crippen LogP) is 8.32. The van der Waals surface area contributed by atoms with Crippen molar-refractivity contribution in [3.8, 4) is 11.4 Å². The van der Waals surface area contributed by atoms with Crippen molar-refractivity contribution in [2.24, 2.45) is 0 Å². The van der Waals surface area contributed by atoms with Gasteiger partial charge in [0.1, 0.15) is 5.75 Å². The van der Waals surface area contributed by atoms with Gasteiger partial charge in [0.15, 0.2) is 0 Å². The van der Waals surface area contributed by atoms with Gasteiger partial charge in [-0.15, -0.1) is 0 Å². The summed E-state index contributed by atoms with van der Waals surface area (Å²) in [6.45, 7) is 4.53. The number of benzene rings is 2. The number of ether oxygens (including phenoxy) is 1. The van der Waals surface area contributed by atoms with Gasteiger partial charge in [-0.2, -0.15) is 0 Å². The molecule has 34 heavy (non-hydrogen) atoms. The average molecular weight is 472 g/mol. The van der Waals surface area contributed by atoms with Gasteiger partial charge >= 0.3 is 0 Å². The van der Waals surface area contributed by atoms with Crippen molar-refractivity contribution in [3.63, 3.8) is 0 Å². The summed E-state index contributed by atoms with van der Waals surface area (Å²) < 4.78 is 7.89. The lowest BCUT2D eigenvalue weighted by Gasteiger charge is -2.39. The van der Waals surface area contributed by atoms with Crippen molar-refractivity contribution in [3.05, 3.63) is 84.6 Å². The highest BCUT2D eigenvalue weighted by Crippen LogP contribution is 2.55. The molecule has 0 spiro atoms. The fourth-order valence-corrected chi connectivity index (χ4v) is 9.93. The lowest BCUT2D eigenvalue weighted by Crippen LogP contribution is -2.29. The molecule has 3 heteroatoms. The van der Waals surface area contributed by atoms with Gasteiger partial charge in [-0.3, -0.25) is 0 Å². The van der Waals surface area contributed by atoms with Crippen molar-refractivity contribution in [1.29, 1.82) is 0 Å². The zero-order chi connectivity index (χ0) is 23.3. The Kier molecular flexibility index (Phi) is 7.55. The van der Waals surface area contributed by atoms with Gasteiger partial charge in [-0.1, -0.05) is 83.4 Å². The molecule has 1 aromatic heterocycles. The van der Waals surface area contributed by atoms with Gasteiger partial charge in [-0.05, 0) is 78.5 Å². The van der Waals surface area contributed by atoms with Gasteiger partial charge in [0.05, 0.1) is 12.8 Å². The van der Waals surface area contributed by atoms with Crippen molar-refractivity contribution in [1.82, 2.24) is 4.57 Å². The maximum atomic E-state index is 5.36. The van der Waals surface area contributed by atoms with Crippen LogP contribution in [0.3, 0.4) is 0 Å². The number of para-hydroxylation sites is 1. The van der Waals surface area contributed by atoms with Crippen LogP contribution in [0.15, 0.2) is 73.4 Å². The second kappa shape index (κ2) is 11.0. The Hall–Kier alpha value is -2.31. The van der Waals surface area contributed by atoms with Gasteiger partial charge in [0.25, 0.3) is 0 Å². The molecule has 3 aromatic rings. The number of rotatable bonds is 7. The monoisotopic (exact) mass is 471 g/mol. The van der Waals surface area contributed by atoms with E-state index in [0.717, 1.165) is 28.2 Å². The molecule has 0 atom stereocenters. The molecule has 1 heterocycles. The highest BCUT2D eigenvalue weighted by molar-refractivity contribution is 7.66. The molecule has 178 valence electrons. The molecule has 0 radical (unpaired) electrons. The first-order valence-corrected chi connectivity index (χ1v) is 14.6. The first kappa shape index (κ1) is 23.4. The summed E-state index contributed by atoms with van der Waals surface area (Å²) in [7, 11) is 1.54. The zero-order valence-electron chi connectivity index (χ0n) is 20.6. The van der Waals surface area contributed by atoms with Crippen LogP contribution in [0.5, 0.6) is 5.75 Å². The Morgan fingerprint density at radius 2 is 1.41 bits per heavy atom. The van der Waals surface area contributed by atoms with Crippen LogP contribution in [0.25, 0.3) is 11.3 Å². The predicted molar refractivity (Wildman–Crippen MR) is 147 cm³/mol. The van der Waals surface area contributed by atoms with Gasteiger partial charge in [-0.25, -0.2) is 0 Å². The summed E-state index contributed by atoms with van der Waals surface area (Å²) in [5.41, 5.74) is 8.05. The van der Waals surface area contributed by atoms with Crippen molar-refractivity contribution in [2.45, 2.75) is 75.5 Å². The smallest absolute Gasteiger partial charge is 0.118 e. The minimum atomic E-state index is -0.175. The van der Waals surface area contributed by atoms with E-state index in [-0.39, 0.29) is 7.92 Å². The Bertz CT molecular complexity index is 1070. The molecule has 2 nitrogen and oxygen atoms in total. The number of aromatic nitrogens is 1. The van der Waals surface area contributed by atoms with Crippen LogP contribution < -0.4 is 10.2 Å². The van der Waals surface area contributed by atoms with E-state index in [1.165, 1.54) is 75.5 Å². The quantitative estimate of drug-likeness (QED) is 0.316. The molecule has 0 bridgehead atoms. The average Bonchev–Trinajstić information content (AvgIpc) is 3.39. The second-order valence-corrected chi connectivity index (χ2v) is 12.7. The molecular weight excluding hydrogens is 433 g/mol. The maximum absolute atomic E-state index is 5.36. The van der Waals surface area contributed by atoms with E-state index in [1.54, 1.807) is 12.5 Å². The van der Waals surface area contributed by atoms with E-state index in [0.29, 0.717) is 0 Å². The maximum Gasteiger partial charge on any atom is 0.118 e. The minimum absolute atomic E-state index is 0.175. The Balaban J connectivity index is 1.53. The number of nitrogens with zero attached hydrogens (tertiary/aromatic N) is 1. The third-order valence-corrected chi connectivity index (χ3v) is 11.4. The van der Waals surface area contributed by atoms with E-state index >= 15 is 0 Å². The molecular formula is C31H38NOP. The molecule has 0 amide bonds. The lowest BCUT2D eigenvalue weighted by atomic mass is 9.98. The zero-order valence-corrected chi connectivity index (χ0v) is 21.5. The number of methoxy groups -OCH3 is 1. The summed E-state index contributed by atoms with van der Waals surface area (Å²) in [6.07, 6.45) is 16.5. The largest absolute Gasteiger partial charge is 0.497 e. The van der Waals surface area contributed by atoms with Gasteiger partial charge < -0.3 is 9.30 Å². The van der Waals surface area contributed by atoms with Gasteiger partial charge in [0.2, 0.25) is 0 Å². The normalized spacial score (nSPS) is 17.7. The molecule has 0 unspecified atom stereocenters. The Morgan fingerprint density at radius 1 is 0.794 bits per heavy atom. The van der Waals surface area contributed by atoms with Crippen LogP contribution in [0.2, 0.25) is 0 Å². The summed E-state index contributed by atoms with van der Waals surface area (Å²) in [5, 5.41) is 0. The van der Waals surface area contributed by atoms with Crippen LogP contribution >= 0.6 is 7.92 Å². The summed E-state index contributed by atoms with van der Waals surface area (Å²) in [6, 6.07) is 21.8. The molecule has 5 rings (SSSR count). The SMILES string of the molecule is C=C(c1ccc(OC)cc1)c1ccccc1-n1cccc1P(C1CCCCC1)C1CCCCC1. The van der Waals surface area contributed by atoms with Crippen molar-refractivity contribution < 1.29 is 4.74 Å². The van der Waals surface area contributed by atoms with Crippen molar-refractivity contribution >= 4 is 18.9 Å². The molecule has 2 aliphatic rings. The molecule has 0 aliphatic heterocycles. The molecule has 0 saturated heterocycles. The van der Waals surface area contributed by atoms with E-state index in [2.05, 4.69) is 65.9 Å². The van der Waals surface area contributed by atoms with Crippen LogP contribution in [-0.4, -0.2) is 23.0 Å². The Labute approximate surface area is 206 Å². The fourth-order valence-electron chi connectivity index (χ4n) is 6.06. The van der Waals surface area contributed by atoms with Crippen LogP contribution in [0, 0.1) is 0 Å². The Morgan fingerprint density at radius 3 is 2.03 bits per heavy atom. The summed E-state index contributed by atoms with van der Waals surface area (Å²) in [4.78, 5) is 0. The van der Waals surface area contributed by atoms with Crippen molar-refractivity contribution in [2.75, 3.05) is 7.11 Å². The standard InChI is InChI=1S/C31H38NOP/c1-24(25-19-21-26(33-2)22-20-25)29-16-9-10-17-30(29)32-23-11-18-31(32)34(27-12-5-3-6-13-27)28-14-7-4-8-15-28/h9-11,16-23,27-28H,1,3-8,12-15H2,2H3. The minimum Gasteiger partial charge on any atom is -0.497 e. The molecule has 0 N–H and O–H groups in total. The van der Waals surface area contributed by atoms with Crippen LogP contribution in [-0.2, 0) is 0 Å². The molecule has 2 aliphatic carbocycles. The first-order chi connectivity index (χ1) is 16.8. The third-order valence-electron chi connectivity index (χ3n) is 7.86. The summed E-state index contributed by atoms with van der Waals surface area (Å²) >= 11 is 0. The molecule has 2 aromatic carbocycles. The van der Waals surface area contributed by atoms with Gasteiger partial charge in [0, 0.05) is 17.2 Å². The highest BCUT2D eigenvalue weighted by atomic mass is 31.1. The van der Waals surface area contributed by atoms with E-state index in [9.17, 15) is 0 Å². The first-order valence-electron chi connectivity index (χ1n) is 13.1. The lowest BCUT2D eigenvalue weighted by molar-refractivity contribution is 0.415. The van der Waals surface area contributed by atoms with E-state index < -0.39 is 0 Å². The third kappa shape index (κ3) is 4.89. The highest BCUT2D eigenvalue weighted by Gasteiger charge is 2.34. The van der Waals surface area contributed by atoms with E-state index in [1.807, 2.05) is 12.1 Å². The summed E-state index contributed by atoms with van der Waals surface area (Å²) in [5.74, 6) is 0.878. The molecule has 2 fully saturated rings. The molecule has 2 saturated carbocycles. The number of hydrogen-bond donors (Lipinski definition) is 0. The fraction of sp³-hybridized carbons (Fsp3) is 0.419. The topological polar surface area (TPSA) is 14.2 Å². The van der Waals surface area contributed by atoms with Crippen LogP contribution in [0.4, 0.5) is 0 Å².